The lowest BCUT2D eigenvalue weighted by molar-refractivity contribution is -0.173. The Labute approximate surface area is 217 Å². The van der Waals surface area contributed by atoms with Gasteiger partial charge in [-0.1, -0.05) is 12.1 Å². The number of phenolic OH excluding ortho intramolecular Hbond substituents is 1. The highest BCUT2D eigenvalue weighted by Gasteiger charge is 2.73. The first-order valence-corrected chi connectivity index (χ1v) is 13.9. The Bertz CT molecular complexity index is 1570. The van der Waals surface area contributed by atoms with E-state index in [2.05, 4.69) is 9.47 Å². The molecule has 3 aromatic rings. The van der Waals surface area contributed by atoms with E-state index in [0.717, 1.165) is 48.3 Å². The third kappa shape index (κ3) is 2.40. The molecule has 8 heteroatoms. The smallest absolute Gasteiger partial charge is 0.417 e. The number of rotatable bonds is 2. The Hall–Kier alpha value is -2.71. The first kappa shape index (κ1) is 22.1. The van der Waals surface area contributed by atoms with Crippen LogP contribution in [0.5, 0.6) is 11.5 Å². The van der Waals surface area contributed by atoms with E-state index >= 15 is 0 Å². The molecule has 3 aliphatic heterocycles. The number of hydrogen-bond acceptors (Lipinski definition) is 4. The number of ether oxygens (including phenoxy) is 1. The SMILES string of the molecule is Oc1ccc2c3c1O[C@H]1c4c(c5c(C(F)(F)F)ccc6c5n4CCC6)C[C@@]4(O)[C@@H](C2)N(CC2CC2)CC[C@]314. The second-order valence-corrected chi connectivity index (χ2v) is 12.5. The van der Waals surface area contributed by atoms with Gasteiger partial charge in [-0.25, -0.2) is 0 Å². The zero-order chi connectivity index (χ0) is 25.8. The molecule has 0 unspecified atom stereocenters. The second-order valence-electron chi connectivity index (χ2n) is 12.5. The molecular formula is C30H29F3N2O3. The van der Waals surface area contributed by atoms with Crippen LogP contribution in [0.3, 0.4) is 0 Å². The topological polar surface area (TPSA) is 57.9 Å². The molecule has 2 N–H and O–H groups in total. The van der Waals surface area contributed by atoms with E-state index in [4.69, 9.17) is 4.74 Å². The molecule has 4 atom stereocenters. The van der Waals surface area contributed by atoms with Crippen molar-refractivity contribution in [2.75, 3.05) is 13.1 Å². The molecule has 6 aliphatic rings. The lowest BCUT2D eigenvalue weighted by Gasteiger charge is -2.63. The van der Waals surface area contributed by atoms with Gasteiger partial charge in [0.1, 0.15) is 0 Å². The summed E-state index contributed by atoms with van der Waals surface area (Å²) in [6.45, 7) is 2.36. The number of aromatic nitrogens is 1. The number of piperidine rings is 1. The van der Waals surface area contributed by atoms with Crippen molar-refractivity contribution in [1.29, 1.82) is 0 Å². The van der Waals surface area contributed by atoms with Gasteiger partial charge in [-0.3, -0.25) is 4.90 Å². The fourth-order valence-electron chi connectivity index (χ4n) is 9.16. The van der Waals surface area contributed by atoms with Gasteiger partial charge in [-0.15, -0.1) is 0 Å². The summed E-state index contributed by atoms with van der Waals surface area (Å²) in [4.78, 5) is 2.41. The summed E-state index contributed by atoms with van der Waals surface area (Å²) in [6, 6.07) is 6.30. The Morgan fingerprint density at radius 3 is 2.68 bits per heavy atom. The van der Waals surface area contributed by atoms with E-state index in [1.54, 1.807) is 12.1 Å². The molecular weight excluding hydrogens is 493 g/mol. The standard InChI is InChI=1S/C30H29F3N2O3/c31-30(32,33)19-7-5-16-2-1-10-35-24(16)22(19)18-13-29(37)21-12-17-6-8-20(36)26-23(17)28(29,27(38-26)25(18)35)9-11-34(21)14-15-3-4-15/h5-8,15,21,27,36-37H,1-4,9-14H2/t21-,27+,28+,29-/m1/s1. The van der Waals surface area contributed by atoms with E-state index in [0.29, 0.717) is 42.1 Å². The van der Waals surface area contributed by atoms with Gasteiger partial charge in [-0.05, 0) is 79.8 Å². The summed E-state index contributed by atoms with van der Waals surface area (Å²) in [5.41, 5.74) is 2.22. The van der Waals surface area contributed by atoms with Crippen molar-refractivity contribution in [3.63, 3.8) is 0 Å². The number of halogens is 3. The molecule has 1 aromatic heterocycles. The van der Waals surface area contributed by atoms with Crippen LogP contribution in [0.1, 0.15) is 65.3 Å². The molecule has 2 aromatic carbocycles. The highest BCUT2D eigenvalue weighted by molar-refractivity contribution is 5.93. The molecule has 5 nitrogen and oxygen atoms in total. The molecule has 9 rings (SSSR count). The van der Waals surface area contributed by atoms with Crippen LogP contribution < -0.4 is 4.74 Å². The molecule has 1 saturated carbocycles. The van der Waals surface area contributed by atoms with Gasteiger partial charge in [0.05, 0.1) is 27.8 Å². The maximum absolute atomic E-state index is 14.5. The van der Waals surface area contributed by atoms with Crippen LogP contribution in [0.4, 0.5) is 13.2 Å². The lowest BCUT2D eigenvalue weighted by atomic mass is 9.49. The van der Waals surface area contributed by atoms with Crippen molar-refractivity contribution >= 4 is 10.9 Å². The van der Waals surface area contributed by atoms with Crippen LogP contribution in [-0.4, -0.2) is 44.4 Å². The summed E-state index contributed by atoms with van der Waals surface area (Å²) >= 11 is 0. The van der Waals surface area contributed by atoms with Crippen molar-refractivity contribution in [2.24, 2.45) is 5.92 Å². The minimum absolute atomic E-state index is 0.0432. The van der Waals surface area contributed by atoms with E-state index in [9.17, 15) is 23.4 Å². The average molecular weight is 523 g/mol. The number of fused-ring (bicyclic) bond motifs is 4. The summed E-state index contributed by atoms with van der Waals surface area (Å²) < 4.78 is 52.1. The van der Waals surface area contributed by atoms with Crippen LogP contribution in [0.25, 0.3) is 10.9 Å². The highest BCUT2D eigenvalue weighted by atomic mass is 19.4. The van der Waals surface area contributed by atoms with Crippen molar-refractivity contribution < 1.29 is 28.1 Å². The number of benzene rings is 2. The number of hydrogen-bond donors (Lipinski definition) is 2. The molecule has 0 radical (unpaired) electrons. The Morgan fingerprint density at radius 1 is 1.08 bits per heavy atom. The fraction of sp³-hybridized carbons (Fsp3) is 0.533. The van der Waals surface area contributed by atoms with Crippen molar-refractivity contribution in [1.82, 2.24) is 9.47 Å². The Balaban J connectivity index is 1.38. The first-order valence-electron chi connectivity index (χ1n) is 13.9. The summed E-state index contributed by atoms with van der Waals surface area (Å²) in [6.07, 6.45) is 0.267. The van der Waals surface area contributed by atoms with Crippen molar-refractivity contribution in [2.45, 2.75) is 80.8 Å². The van der Waals surface area contributed by atoms with Crippen LogP contribution in [-0.2, 0) is 37.4 Å². The molecule has 38 heavy (non-hydrogen) atoms. The lowest BCUT2D eigenvalue weighted by Crippen LogP contribution is -2.74. The predicted molar refractivity (Wildman–Crippen MR) is 133 cm³/mol. The monoisotopic (exact) mass is 522 g/mol. The first-order chi connectivity index (χ1) is 18.2. The third-order valence-electron chi connectivity index (χ3n) is 10.8. The van der Waals surface area contributed by atoms with E-state index in [1.165, 1.54) is 18.9 Å². The van der Waals surface area contributed by atoms with Crippen LogP contribution >= 0.6 is 0 Å². The number of aryl methyl sites for hydroxylation is 2. The normalized spacial score (nSPS) is 32.7. The summed E-state index contributed by atoms with van der Waals surface area (Å²) in [7, 11) is 0. The van der Waals surface area contributed by atoms with Crippen LogP contribution in [0.2, 0.25) is 0 Å². The molecule has 0 amide bonds. The number of aliphatic hydroxyl groups is 1. The van der Waals surface area contributed by atoms with Gasteiger partial charge in [0.25, 0.3) is 0 Å². The molecule has 2 bridgehead atoms. The Morgan fingerprint density at radius 2 is 1.89 bits per heavy atom. The second kappa shape index (κ2) is 6.70. The summed E-state index contributed by atoms with van der Waals surface area (Å²) in [5, 5.41) is 24.1. The largest absolute Gasteiger partial charge is 0.504 e. The number of aromatic hydroxyl groups is 1. The molecule has 4 heterocycles. The Kier molecular flexibility index (Phi) is 3.91. The average Bonchev–Trinajstić information content (AvgIpc) is 3.54. The van der Waals surface area contributed by atoms with Gasteiger partial charge >= 0.3 is 6.18 Å². The third-order valence-corrected chi connectivity index (χ3v) is 10.8. The van der Waals surface area contributed by atoms with Gasteiger partial charge in [0.15, 0.2) is 17.6 Å². The van der Waals surface area contributed by atoms with Crippen molar-refractivity contribution in [3.8, 4) is 11.5 Å². The number of alkyl halides is 3. The zero-order valence-corrected chi connectivity index (χ0v) is 20.9. The van der Waals surface area contributed by atoms with Gasteiger partial charge in [0.2, 0.25) is 0 Å². The molecule has 1 spiro atoms. The maximum Gasteiger partial charge on any atom is 0.417 e. The van der Waals surface area contributed by atoms with Crippen LogP contribution in [0.15, 0.2) is 24.3 Å². The zero-order valence-electron chi connectivity index (χ0n) is 20.9. The minimum Gasteiger partial charge on any atom is -0.504 e. The van der Waals surface area contributed by atoms with E-state index in [-0.39, 0.29) is 23.6 Å². The maximum atomic E-state index is 14.5. The summed E-state index contributed by atoms with van der Waals surface area (Å²) in [5.74, 6) is 1.09. The van der Waals surface area contributed by atoms with Crippen molar-refractivity contribution in [3.05, 3.63) is 57.8 Å². The quantitative estimate of drug-likeness (QED) is 0.497. The van der Waals surface area contributed by atoms with Crippen LogP contribution in [0, 0.1) is 5.92 Å². The number of nitrogens with zero attached hydrogens (tertiary/aromatic N) is 2. The molecule has 198 valence electrons. The predicted octanol–water partition coefficient (Wildman–Crippen LogP) is 5.01. The van der Waals surface area contributed by atoms with Gasteiger partial charge in [0, 0.05) is 36.5 Å². The number of likely N-dealkylation sites (tertiary alicyclic amines) is 1. The van der Waals surface area contributed by atoms with E-state index in [1.807, 2.05) is 6.07 Å². The molecule has 1 saturated heterocycles. The number of phenols is 1. The fourth-order valence-corrected chi connectivity index (χ4v) is 9.16. The highest BCUT2D eigenvalue weighted by Crippen LogP contribution is 2.69. The van der Waals surface area contributed by atoms with Gasteiger partial charge in [-0.2, -0.15) is 13.2 Å². The molecule has 3 aliphatic carbocycles. The molecule has 2 fully saturated rings. The minimum atomic E-state index is -4.50. The van der Waals surface area contributed by atoms with E-state index < -0.39 is 28.9 Å². The van der Waals surface area contributed by atoms with Gasteiger partial charge < -0.3 is 19.5 Å².